The van der Waals surface area contributed by atoms with E-state index in [4.69, 9.17) is 0 Å². The van der Waals surface area contributed by atoms with E-state index in [-0.39, 0.29) is 5.25 Å². The Balaban J connectivity index is 1.93. The normalized spacial score (nSPS) is 30.5. The van der Waals surface area contributed by atoms with Gasteiger partial charge in [0.05, 0.1) is 5.25 Å². The van der Waals surface area contributed by atoms with Gasteiger partial charge in [-0.3, -0.25) is 0 Å². The second-order valence-electron chi connectivity index (χ2n) is 6.49. The predicted octanol–water partition coefficient (Wildman–Crippen LogP) is 2.36. The lowest BCUT2D eigenvalue weighted by Crippen LogP contribution is -2.52. The van der Waals surface area contributed by atoms with Crippen molar-refractivity contribution < 1.29 is 8.42 Å². The Kier molecular flexibility index (Phi) is 5.87. The fourth-order valence-electron chi connectivity index (χ4n) is 3.55. The minimum Gasteiger partial charge on any atom is -0.314 e. The highest BCUT2D eigenvalue weighted by molar-refractivity contribution is 7.89. The molecule has 1 saturated carbocycles. The van der Waals surface area contributed by atoms with Crippen LogP contribution in [-0.4, -0.2) is 43.6 Å². The Morgan fingerprint density at radius 3 is 2.45 bits per heavy atom. The Hall–Kier alpha value is -0.130. The standard InChI is InChI=1S/C15H30N2O2S/c1-3-10-16-15-9-11-17(12-13(15)2)20(18,19)14-7-5-4-6-8-14/h13-16H,3-12H2,1-2H3. The van der Waals surface area contributed by atoms with Gasteiger partial charge in [-0.15, -0.1) is 0 Å². The molecule has 2 fully saturated rings. The molecule has 1 aliphatic carbocycles. The molecule has 0 spiro atoms. The van der Waals surface area contributed by atoms with Crippen LogP contribution in [0.3, 0.4) is 0 Å². The maximum atomic E-state index is 12.7. The second-order valence-corrected chi connectivity index (χ2v) is 8.70. The van der Waals surface area contributed by atoms with E-state index in [9.17, 15) is 8.42 Å². The number of hydrogen-bond donors (Lipinski definition) is 1. The van der Waals surface area contributed by atoms with E-state index in [0.717, 1.165) is 45.1 Å². The number of nitrogens with zero attached hydrogens (tertiary/aromatic N) is 1. The minimum absolute atomic E-state index is 0.108. The molecule has 1 aliphatic heterocycles. The lowest BCUT2D eigenvalue weighted by Gasteiger charge is -2.38. The molecule has 4 nitrogen and oxygen atoms in total. The molecule has 0 aromatic heterocycles. The number of piperidine rings is 1. The lowest BCUT2D eigenvalue weighted by molar-refractivity contribution is 0.218. The first-order chi connectivity index (χ1) is 9.55. The Morgan fingerprint density at radius 2 is 1.85 bits per heavy atom. The second kappa shape index (κ2) is 7.23. The topological polar surface area (TPSA) is 49.4 Å². The van der Waals surface area contributed by atoms with Crippen molar-refractivity contribution >= 4 is 10.0 Å². The van der Waals surface area contributed by atoms with Gasteiger partial charge >= 0.3 is 0 Å². The van der Waals surface area contributed by atoms with Gasteiger partial charge < -0.3 is 5.32 Å². The van der Waals surface area contributed by atoms with Gasteiger partial charge in [0.25, 0.3) is 0 Å². The number of nitrogens with one attached hydrogen (secondary N) is 1. The van der Waals surface area contributed by atoms with Crippen LogP contribution in [0.5, 0.6) is 0 Å². The molecule has 0 aromatic carbocycles. The van der Waals surface area contributed by atoms with Crippen LogP contribution >= 0.6 is 0 Å². The highest BCUT2D eigenvalue weighted by Gasteiger charge is 2.37. The summed E-state index contributed by atoms with van der Waals surface area (Å²) in [6.07, 6.45) is 7.17. The molecule has 1 heterocycles. The summed E-state index contributed by atoms with van der Waals surface area (Å²) in [6.45, 7) is 6.77. The van der Waals surface area contributed by atoms with Crippen LogP contribution in [0.15, 0.2) is 0 Å². The first-order valence-electron chi connectivity index (χ1n) is 8.28. The predicted molar refractivity (Wildman–Crippen MR) is 83.2 cm³/mol. The first-order valence-corrected chi connectivity index (χ1v) is 9.78. The van der Waals surface area contributed by atoms with Crippen LogP contribution in [0, 0.1) is 5.92 Å². The number of rotatable bonds is 5. The van der Waals surface area contributed by atoms with Crippen molar-refractivity contribution in [1.82, 2.24) is 9.62 Å². The third-order valence-corrected chi connectivity index (χ3v) is 7.22. The van der Waals surface area contributed by atoms with E-state index in [0.29, 0.717) is 25.0 Å². The zero-order valence-electron chi connectivity index (χ0n) is 13.0. The number of sulfonamides is 1. The van der Waals surface area contributed by atoms with E-state index in [1.54, 1.807) is 4.31 Å². The van der Waals surface area contributed by atoms with Crippen LogP contribution in [-0.2, 0) is 10.0 Å². The van der Waals surface area contributed by atoms with E-state index in [1.807, 2.05) is 0 Å². The molecular formula is C15H30N2O2S. The SMILES string of the molecule is CCCNC1CCN(S(=O)(=O)C2CCCCC2)CC1C. The van der Waals surface area contributed by atoms with Crippen molar-refractivity contribution in [2.45, 2.75) is 70.1 Å². The third-order valence-electron chi connectivity index (χ3n) is 4.86. The van der Waals surface area contributed by atoms with Gasteiger partial charge in [0.1, 0.15) is 0 Å². The Morgan fingerprint density at radius 1 is 1.15 bits per heavy atom. The Bertz CT molecular complexity index is 391. The average Bonchev–Trinajstić information content (AvgIpc) is 2.47. The molecule has 1 saturated heterocycles. The summed E-state index contributed by atoms with van der Waals surface area (Å²) < 4.78 is 27.2. The summed E-state index contributed by atoms with van der Waals surface area (Å²) in [5, 5.41) is 3.44. The van der Waals surface area contributed by atoms with Gasteiger partial charge in [-0.25, -0.2) is 12.7 Å². The van der Waals surface area contributed by atoms with Gasteiger partial charge in [-0.1, -0.05) is 33.1 Å². The molecule has 0 bridgehead atoms. The third kappa shape index (κ3) is 3.74. The average molecular weight is 302 g/mol. The van der Waals surface area contributed by atoms with Crippen LogP contribution in [0.4, 0.5) is 0 Å². The molecule has 2 atom stereocenters. The molecule has 0 radical (unpaired) electrons. The molecule has 1 N–H and O–H groups in total. The smallest absolute Gasteiger partial charge is 0.216 e. The molecular weight excluding hydrogens is 272 g/mol. The molecule has 2 rings (SSSR count). The summed E-state index contributed by atoms with van der Waals surface area (Å²) in [6, 6.07) is 0.479. The maximum absolute atomic E-state index is 12.7. The van der Waals surface area contributed by atoms with E-state index in [2.05, 4.69) is 19.2 Å². The van der Waals surface area contributed by atoms with E-state index >= 15 is 0 Å². The van der Waals surface area contributed by atoms with Crippen molar-refractivity contribution in [3.05, 3.63) is 0 Å². The van der Waals surface area contributed by atoms with Crippen LogP contribution in [0.2, 0.25) is 0 Å². The van der Waals surface area contributed by atoms with Gasteiger partial charge in [0.15, 0.2) is 0 Å². The molecule has 2 aliphatic rings. The highest BCUT2D eigenvalue weighted by Crippen LogP contribution is 2.29. The fraction of sp³-hybridized carbons (Fsp3) is 1.00. The van der Waals surface area contributed by atoms with Gasteiger partial charge in [-0.2, -0.15) is 0 Å². The van der Waals surface area contributed by atoms with Crippen LogP contribution in [0.1, 0.15) is 58.8 Å². The van der Waals surface area contributed by atoms with Gasteiger partial charge in [-0.05, 0) is 38.1 Å². The minimum atomic E-state index is -3.06. The summed E-state index contributed by atoms with van der Waals surface area (Å²) in [5.74, 6) is 0.411. The highest BCUT2D eigenvalue weighted by atomic mass is 32.2. The van der Waals surface area contributed by atoms with E-state index in [1.165, 1.54) is 6.42 Å². The molecule has 5 heteroatoms. The van der Waals surface area contributed by atoms with Crippen molar-refractivity contribution in [3.8, 4) is 0 Å². The van der Waals surface area contributed by atoms with E-state index < -0.39 is 10.0 Å². The molecule has 2 unspecified atom stereocenters. The summed E-state index contributed by atoms with van der Waals surface area (Å²) in [5.41, 5.74) is 0. The van der Waals surface area contributed by atoms with Crippen LogP contribution < -0.4 is 5.32 Å². The summed E-state index contributed by atoms with van der Waals surface area (Å²) >= 11 is 0. The maximum Gasteiger partial charge on any atom is 0.216 e. The molecule has 20 heavy (non-hydrogen) atoms. The fourth-order valence-corrected chi connectivity index (χ4v) is 5.70. The molecule has 118 valence electrons. The van der Waals surface area contributed by atoms with Gasteiger partial charge in [0.2, 0.25) is 10.0 Å². The van der Waals surface area contributed by atoms with Gasteiger partial charge in [0, 0.05) is 19.1 Å². The number of hydrogen-bond acceptors (Lipinski definition) is 3. The first kappa shape index (κ1) is 16.2. The van der Waals surface area contributed by atoms with Crippen LogP contribution in [0.25, 0.3) is 0 Å². The zero-order valence-corrected chi connectivity index (χ0v) is 13.8. The molecule has 0 aromatic rings. The van der Waals surface area contributed by atoms with Crippen molar-refractivity contribution in [2.75, 3.05) is 19.6 Å². The quantitative estimate of drug-likeness (QED) is 0.848. The zero-order chi connectivity index (χ0) is 14.6. The Labute approximate surface area is 124 Å². The lowest BCUT2D eigenvalue weighted by atomic mass is 9.95. The summed E-state index contributed by atoms with van der Waals surface area (Å²) in [7, 11) is -3.06. The summed E-state index contributed by atoms with van der Waals surface area (Å²) in [4.78, 5) is 0. The van der Waals surface area contributed by atoms with Crippen molar-refractivity contribution in [3.63, 3.8) is 0 Å². The van der Waals surface area contributed by atoms with Crippen molar-refractivity contribution in [1.29, 1.82) is 0 Å². The monoisotopic (exact) mass is 302 g/mol. The van der Waals surface area contributed by atoms with Crippen molar-refractivity contribution in [2.24, 2.45) is 5.92 Å². The molecule has 0 amide bonds. The largest absolute Gasteiger partial charge is 0.314 e.